The Bertz CT molecular complexity index is 1750. The van der Waals surface area contributed by atoms with Crippen LogP contribution in [0.25, 0.3) is 0 Å². The standard InChI is InChI=1S/2C21H19NO.C3H4O4/c2*23-21(20-14-8-3-9-15-20)22(16-18-10-4-1-5-11-18)17-19-12-6-2-7-13-19;4-2(5)1-3(6)7/h2*1-15H,16-17H2;1H2,(H,4,5)(H,6,7). The van der Waals surface area contributed by atoms with Crippen LogP contribution in [-0.2, 0) is 35.8 Å². The summed E-state index contributed by atoms with van der Waals surface area (Å²) in [6.45, 7) is 2.40. The first kappa shape index (κ1) is 39.0. The molecule has 0 saturated carbocycles. The summed E-state index contributed by atoms with van der Waals surface area (Å²) in [5, 5.41) is 15.4. The maximum Gasteiger partial charge on any atom is 0.314 e. The SMILES string of the molecule is O=C(O)CC(=O)O.O=C(c1ccccc1)N(Cc1ccccc1)Cc1ccccc1.O=C(c1ccccc1)N(Cc1ccccc1)Cc1ccccc1. The molecule has 6 rings (SSSR count). The number of hydrogen-bond acceptors (Lipinski definition) is 4. The molecule has 53 heavy (non-hydrogen) atoms. The van der Waals surface area contributed by atoms with E-state index in [9.17, 15) is 19.2 Å². The Balaban J connectivity index is 0.000000201. The van der Waals surface area contributed by atoms with Gasteiger partial charge in [-0.2, -0.15) is 0 Å². The van der Waals surface area contributed by atoms with Gasteiger partial charge in [-0.3, -0.25) is 19.2 Å². The lowest BCUT2D eigenvalue weighted by Gasteiger charge is -2.23. The smallest absolute Gasteiger partial charge is 0.314 e. The molecule has 2 amide bonds. The minimum atomic E-state index is -1.31. The molecule has 0 spiro atoms. The van der Waals surface area contributed by atoms with E-state index < -0.39 is 18.4 Å². The van der Waals surface area contributed by atoms with Gasteiger partial charge in [-0.15, -0.1) is 0 Å². The Hall–Kier alpha value is -6.80. The molecule has 6 aromatic carbocycles. The maximum absolute atomic E-state index is 12.9. The molecule has 0 saturated heterocycles. The summed E-state index contributed by atoms with van der Waals surface area (Å²) in [5.41, 5.74) is 5.97. The van der Waals surface area contributed by atoms with Crippen LogP contribution in [0.5, 0.6) is 0 Å². The maximum atomic E-state index is 12.9. The molecule has 268 valence electrons. The zero-order chi connectivity index (χ0) is 37.7. The van der Waals surface area contributed by atoms with Crippen molar-refractivity contribution in [2.45, 2.75) is 32.6 Å². The van der Waals surface area contributed by atoms with Crippen molar-refractivity contribution >= 4 is 23.8 Å². The van der Waals surface area contributed by atoms with Gasteiger partial charge in [0.2, 0.25) is 0 Å². The molecular formula is C45H42N2O6. The molecule has 2 N–H and O–H groups in total. The van der Waals surface area contributed by atoms with Crippen LogP contribution in [0.1, 0.15) is 49.4 Å². The second kappa shape index (κ2) is 21.4. The number of amides is 2. The number of hydrogen-bond donors (Lipinski definition) is 2. The number of rotatable bonds is 12. The van der Waals surface area contributed by atoms with Gasteiger partial charge in [0.25, 0.3) is 11.8 Å². The first-order valence-electron chi connectivity index (χ1n) is 17.1. The zero-order valence-electron chi connectivity index (χ0n) is 29.3. The Labute approximate surface area is 310 Å². The van der Waals surface area contributed by atoms with Gasteiger partial charge < -0.3 is 20.0 Å². The van der Waals surface area contributed by atoms with E-state index in [1.807, 2.05) is 143 Å². The molecule has 6 aromatic rings. The molecule has 0 heterocycles. The highest BCUT2D eigenvalue weighted by Gasteiger charge is 2.17. The summed E-state index contributed by atoms with van der Waals surface area (Å²) in [5.74, 6) is -2.52. The fourth-order valence-corrected chi connectivity index (χ4v) is 5.27. The number of aliphatic carboxylic acids is 2. The fourth-order valence-electron chi connectivity index (χ4n) is 5.27. The fraction of sp³-hybridized carbons (Fsp3) is 0.111. The van der Waals surface area contributed by atoms with Crippen LogP contribution in [0.3, 0.4) is 0 Å². The molecule has 0 aliphatic rings. The Morgan fingerprint density at radius 1 is 0.340 bits per heavy atom. The molecular weight excluding hydrogens is 665 g/mol. The van der Waals surface area contributed by atoms with Crippen molar-refractivity contribution in [1.82, 2.24) is 9.80 Å². The molecule has 0 bridgehead atoms. The van der Waals surface area contributed by atoms with Crippen molar-refractivity contribution in [3.63, 3.8) is 0 Å². The number of carboxylic acids is 2. The number of carbonyl (C=O) groups excluding carboxylic acids is 2. The van der Waals surface area contributed by atoms with Crippen LogP contribution in [0.2, 0.25) is 0 Å². The van der Waals surface area contributed by atoms with E-state index in [-0.39, 0.29) is 11.8 Å². The summed E-state index contributed by atoms with van der Waals surface area (Å²) in [7, 11) is 0. The highest BCUT2D eigenvalue weighted by atomic mass is 16.4. The van der Waals surface area contributed by atoms with Crippen LogP contribution >= 0.6 is 0 Å². The number of nitrogens with zero attached hydrogens (tertiary/aromatic N) is 2. The van der Waals surface area contributed by atoms with Crippen LogP contribution in [0.4, 0.5) is 0 Å². The number of benzene rings is 6. The third kappa shape index (κ3) is 14.2. The molecule has 0 fully saturated rings. The van der Waals surface area contributed by atoms with E-state index in [4.69, 9.17) is 10.2 Å². The van der Waals surface area contributed by atoms with Gasteiger partial charge in [0.05, 0.1) is 0 Å². The van der Waals surface area contributed by atoms with Crippen LogP contribution in [-0.4, -0.2) is 43.8 Å². The minimum Gasteiger partial charge on any atom is -0.481 e. The summed E-state index contributed by atoms with van der Waals surface area (Å²) >= 11 is 0. The van der Waals surface area contributed by atoms with E-state index >= 15 is 0 Å². The summed E-state index contributed by atoms with van der Waals surface area (Å²) in [4.78, 5) is 48.4. The van der Waals surface area contributed by atoms with Gasteiger partial charge in [-0.25, -0.2) is 0 Å². The molecule has 0 atom stereocenters. The van der Waals surface area contributed by atoms with Gasteiger partial charge in [0.1, 0.15) is 6.42 Å². The van der Waals surface area contributed by atoms with Gasteiger partial charge in [0.15, 0.2) is 0 Å². The lowest BCUT2D eigenvalue weighted by Crippen LogP contribution is -2.30. The second-order valence-electron chi connectivity index (χ2n) is 12.0. The number of carbonyl (C=O) groups is 4. The third-order valence-corrected chi connectivity index (χ3v) is 7.78. The van der Waals surface area contributed by atoms with Crippen molar-refractivity contribution in [3.8, 4) is 0 Å². The lowest BCUT2D eigenvalue weighted by atomic mass is 10.1. The Morgan fingerprint density at radius 2 is 0.547 bits per heavy atom. The topological polar surface area (TPSA) is 115 Å². The van der Waals surface area contributed by atoms with Crippen molar-refractivity contribution in [3.05, 3.63) is 215 Å². The van der Waals surface area contributed by atoms with E-state index in [2.05, 4.69) is 48.5 Å². The largest absolute Gasteiger partial charge is 0.481 e. The monoisotopic (exact) mass is 706 g/mol. The van der Waals surface area contributed by atoms with E-state index in [1.54, 1.807) is 0 Å². The highest BCUT2D eigenvalue weighted by molar-refractivity contribution is 5.94. The lowest BCUT2D eigenvalue weighted by molar-refractivity contribution is -0.147. The molecule has 0 unspecified atom stereocenters. The predicted octanol–water partition coefficient (Wildman–Crippen LogP) is 8.60. The second-order valence-corrected chi connectivity index (χ2v) is 12.0. The molecule has 0 aromatic heterocycles. The van der Waals surface area contributed by atoms with Crippen molar-refractivity contribution in [1.29, 1.82) is 0 Å². The zero-order valence-corrected chi connectivity index (χ0v) is 29.3. The van der Waals surface area contributed by atoms with Gasteiger partial charge in [-0.05, 0) is 46.5 Å². The highest BCUT2D eigenvalue weighted by Crippen LogP contribution is 2.16. The van der Waals surface area contributed by atoms with Crippen molar-refractivity contribution in [2.75, 3.05) is 0 Å². The Morgan fingerprint density at radius 3 is 0.736 bits per heavy atom. The van der Waals surface area contributed by atoms with Crippen LogP contribution in [0.15, 0.2) is 182 Å². The predicted molar refractivity (Wildman–Crippen MR) is 206 cm³/mol. The van der Waals surface area contributed by atoms with Crippen LogP contribution in [0, 0.1) is 0 Å². The van der Waals surface area contributed by atoms with Crippen molar-refractivity contribution in [2.24, 2.45) is 0 Å². The summed E-state index contributed by atoms with van der Waals surface area (Å²) < 4.78 is 0. The summed E-state index contributed by atoms with van der Waals surface area (Å²) in [6, 6.07) is 59.3. The molecule has 8 heteroatoms. The number of carboxylic acid groups (broad SMARTS) is 2. The third-order valence-electron chi connectivity index (χ3n) is 7.78. The quantitative estimate of drug-likeness (QED) is 0.123. The van der Waals surface area contributed by atoms with E-state index in [0.29, 0.717) is 26.2 Å². The van der Waals surface area contributed by atoms with Gasteiger partial charge in [0, 0.05) is 37.3 Å². The summed E-state index contributed by atoms with van der Waals surface area (Å²) in [6.07, 6.45) is -0.806. The normalized spacial score (nSPS) is 9.96. The van der Waals surface area contributed by atoms with Crippen molar-refractivity contribution < 1.29 is 29.4 Å². The molecule has 8 nitrogen and oxygen atoms in total. The molecule has 0 aliphatic heterocycles. The van der Waals surface area contributed by atoms with Crippen LogP contribution < -0.4 is 0 Å². The first-order valence-corrected chi connectivity index (χ1v) is 17.1. The first-order chi connectivity index (χ1) is 25.8. The average molecular weight is 707 g/mol. The average Bonchev–Trinajstić information content (AvgIpc) is 3.19. The van der Waals surface area contributed by atoms with Gasteiger partial charge >= 0.3 is 11.9 Å². The minimum absolute atomic E-state index is 0.0540. The molecule has 0 aliphatic carbocycles. The van der Waals surface area contributed by atoms with E-state index in [0.717, 1.165) is 33.4 Å². The van der Waals surface area contributed by atoms with E-state index in [1.165, 1.54) is 0 Å². The Kier molecular flexibility index (Phi) is 15.8. The molecule has 0 radical (unpaired) electrons. The van der Waals surface area contributed by atoms with Gasteiger partial charge in [-0.1, -0.05) is 158 Å².